The van der Waals surface area contributed by atoms with Crippen LogP contribution in [0.3, 0.4) is 0 Å². The monoisotopic (exact) mass is 310 g/mol. The lowest BCUT2D eigenvalue weighted by molar-refractivity contribution is 0.358. The molecule has 2 aliphatic rings. The van der Waals surface area contributed by atoms with Gasteiger partial charge in [-0.15, -0.1) is 0 Å². The van der Waals surface area contributed by atoms with Gasteiger partial charge in [-0.05, 0) is 42.4 Å². The van der Waals surface area contributed by atoms with E-state index in [0.29, 0.717) is 23.9 Å². The van der Waals surface area contributed by atoms with Crippen molar-refractivity contribution in [1.82, 2.24) is 5.32 Å². The maximum Gasteiger partial charge on any atom is 0.156 e. The summed E-state index contributed by atoms with van der Waals surface area (Å²) in [6.07, 6.45) is 5.88. The van der Waals surface area contributed by atoms with Gasteiger partial charge in [-0.1, -0.05) is 24.6 Å². The third kappa shape index (κ3) is 3.76. The number of thioether (sulfide) groups is 1. The van der Waals surface area contributed by atoms with E-state index in [1.165, 1.54) is 37.8 Å². The fraction of sp³-hybridized carbons (Fsp3) is 0.562. The Balaban J connectivity index is 1.48. The zero-order valence-electron chi connectivity index (χ0n) is 12.0. The lowest BCUT2D eigenvalue weighted by Gasteiger charge is -2.31. The molecular weight excluding hydrogens is 290 g/mol. The number of aliphatic imine (C=N–C) groups is 1. The topological polar surface area (TPSA) is 24.4 Å². The standard InChI is InChI=1S/C16H20F2N2S/c17-13-7-12(8-14(18)9-13)3-6-19-15-20-10-16(11-21-15)4-1-2-5-16/h7-9H,1-6,10-11H2,(H,19,20). The Morgan fingerprint density at radius 1 is 1.14 bits per heavy atom. The zero-order valence-corrected chi connectivity index (χ0v) is 12.8. The molecule has 5 heteroatoms. The quantitative estimate of drug-likeness (QED) is 0.919. The Morgan fingerprint density at radius 3 is 2.48 bits per heavy atom. The molecule has 1 N–H and O–H groups in total. The average molecular weight is 310 g/mol. The molecule has 3 rings (SSSR count). The minimum atomic E-state index is -0.516. The molecule has 1 aliphatic carbocycles. The van der Waals surface area contributed by atoms with E-state index >= 15 is 0 Å². The van der Waals surface area contributed by atoms with Crippen molar-refractivity contribution in [3.8, 4) is 0 Å². The molecule has 1 fully saturated rings. The molecule has 0 radical (unpaired) electrons. The second kappa shape index (κ2) is 6.34. The summed E-state index contributed by atoms with van der Waals surface area (Å²) in [7, 11) is 0. The van der Waals surface area contributed by atoms with Gasteiger partial charge in [0.2, 0.25) is 0 Å². The van der Waals surface area contributed by atoms with E-state index in [2.05, 4.69) is 10.3 Å². The number of rotatable bonds is 3. The number of nitrogens with one attached hydrogen (secondary N) is 1. The number of hydrogen-bond acceptors (Lipinski definition) is 3. The summed E-state index contributed by atoms with van der Waals surface area (Å²) in [6.45, 7) is 1.58. The summed E-state index contributed by atoms with van der Waals surface area (Å²) in [6, 6.07) is 3.67. The van der Waals surface area contributed by atoms with Crippen LogP contribution in [-0.4, -0.2) is 24.0 Å². The number of nitrogens with zero attached hydrogens (tertiary/aromatic N) is 1. The van der Waals surface area contributed by atoms with Crippen LogP contribution in [0, 0.1) is 17.0 Å². The molecule has 1 spiro atoms. The molecule has 1 aromatic carbocycles. The molecule has 1 aliphatic heterocycles. The van der Waals surface area contributed by atoms with E-state index in [1.54, 1.807) is 11.8 Å². The first-order chi connectivity index (χ1) is 10.2. The highest BCUT2D eigenvalue weighted by Gasteiger charge is 2.36. The minimum absolute atomic E-state index is 0.446. The van der Waals surface area contributed by atoms with Gasteiger partial charge in [0, 0.05) is 24.9 Å². The lowest BCUT2D eigenvalue weighted by atomic mass is 9.89. The molecule has 0 unspecified atom stereocenters. The van der Waals surface area contributed by atoms with Gasteiger partial charge in [0.1, 0.15) is 11.6 Å². The molecule has 0 saturated heterocycles. The molecular formula is C16H20F2N2S. The van der Waals surface area contributed by atoms with Gasteiger partial charge in [0.05, 0.1) is 0 Å². The van der Waals surface area contributed by atoms with Gasteiger partial charge in [0.15, 0.2) is 5.17 Å². The number of halogens is 2. The van der Waals surface area contributed by atoms with E-state index < -0.39 is 11.6 Å². The predicted molar refractivity (Wildman–Crippen MR) is 83.7 cm³/mol. The molecule has 1 aromatic rings. The third-order valence-electron chi connectivity index (χ3n) is 4.35. The SMILES string of the molecule is Fc1cc(F)cc(CCNC2=NCC3(CCCC3)CS2)c1. The van der Waals surface area contributed by atoms with Crippen molar-refractivity contribution in [2.24, 2.45) is 10.4 Å². The van der Waals surface area contributed by atoms with Crippen LogP contribution >= 0.6 is 11.8 Å². The van der Waals surface area contributed by atoms with Crippen molar-refractivity contribution in [3.05, 3.63) is 35.4 Å². The van der Waals surface area contributed by atoms with Crippen molar-refractivity contribution >= 4 is 16.9 Å². The third-order valence-corrected chi connectivity index (χ3v) is 5.65. The Bertz CT molecular complexity index is 519. The van der Waals surface area contributed by atoms with Crippen LogP contribution in [0.2, 0.25) is 0 Å². The molecule has 1 heterocycles. The van der Waals surface area contributed by atoms with Crippen molar-refractivity contribution in [3.63, 3.8) is 0 Å². The summed E-state index contributed by atoms with van der Waals surface area (Å²) in [5.74, 6) is 0.114. The first kappa shape index (κ1) is 14.8. The highest BCUT2D eigenvalue weighted by atomic mass is 32.2. The highest BCUT2D eigenvalue weighted by molar-refractivity contribution is 8.13. The van der Waals surface area contributed by atoms with E-state index in [1.807, 2.05) is 0 Å². The lowest BCUT2D eigenvalue weighted by Crippen LogP contribution is -2.34. The number of hydrogen-bond donors (Lipinski definition) is 1. The van der Waals surface area contributed by atoms with E-state index in [9.17, 15) is 8.78 Å². The summed E-state index contributed by atoms with van der Waals surface area (Å²) < 4.78 is 26.2. The van der Waals surface area contributed by atoms with Crippen LogP contribution in [0.5, 0.6) is 0 Å². The molecule has 0 atom stereocenters. The molecule has 114 valence electrons. The molecule has 0 amide bonds. The van der Waals surface area contributed by atoms with E-state index in [-0.39, 0.29) is 0 Å². The van der Waals surface area contributed by atoms with Crippen LogP contribution in [0.25, 0.3) is 0 Å². The van der Waals surface area contributed by atoms with Crippen molar-refractivity contribution in [2.45, 2.75) is 32.1 Å². The van der Waals surface area contributed by atoms with Crippen molar-refractivity contribution in [1.29, 1.82) is 0 Å². The smallest absolute Gasteiger partial charge is 0.156 e. The Hall–Kier alpha value is -1.10. The second-order valence-corrected chi connectivity index (χ2v) is 7.04. The van der Waals surface area contributed by atoms with Gasteiger partial charge < -0.3 is 5.32 Å². The summed E-state index contributed by atoms with van der Waals surface area (Å²) in [5, 5.41) is 4.26. The van der Waals surface area contributed by atoms with Crippen LogP contribution in [0.1, 0.15) is 31.2 Å². The van der Waals surface area contributed by atoms with E-state index in [0.717, 1.165) is 23.5 Å². The van der Waals surface area contributed by atoms with Crippen LogP contribution < -0.4 is 5.32 Å². The Kier molecular flexibility index (Phi) is 4.48. The Labute approximate surface area is 128 Å². The van der Waals surface area contributed by atoms with E-state index in [4.69, 9.17) is 0 Å². The number of amidine groups is 1. The normalized spacial score (nSPS) is 20.6. The Morgan fingerprint density at radius 2 is 1.86 bits per heavy atom. The largest absolute Gasteiger partial charge is 0.365 e. The maximum atomic E-state index is 13.1. The molecule has 2 nitrogen and oxygen atoms in total. The zero-order chi connectivity index (χ0) is 14.7. The van der Waals surface area contributed by atoms with Crippen LogP contribution in [0.15, 0.2) is 23.2 Å². The molecule has 0 aromatic heterocycles. The molecule has 0 bridgehead atoms. The summed E-state index contributed by atoms with van der Waals surface area (Å²) >= 11 is 1.79. The second-order valence-electron chi connectivity index (χ2n) is 6.07. The van der Waals surface area contributed by atoms with Crippen LogP contribution in [-0.2, 0) is 6.42 Å². The summed E-state index contributed by atoms with van der Waals surface area (Å²) in [5.41, 5.74) is 1.12. The highest BCUT2D eigenvalue weighted by Crippen LogP contribution is 2.43. The maximum absolute atomic E-state index is 13.1. The van der Waals surface area contributed by atoms with Gasteiger partial charge in [-0.2, -0.15) is 0 Å². The first-order valence-corrected chi connectivity index (χ1v) is 8.50. The van der Waals surface area contributed by atoms with Gasteiger partial charge >= 0.3 is 0 Å². The van der Waals surface area contributed by atoms with Gasteiger partial charge in [0.25, 0.3) is 0 Å². The fourth-order valence-corrected chi connectivity index (χ4v) is 4.34. The minimum Gasteiger partial charge on any atom is -0.365 e. The average Bonchev–Trinajstić information content (AvgIpc) is 2.89. The predicted octanol–water partition coefficient (Wildman–Crippen LogP) is 3.76. The van der Waals surface area contributed by atoms with Crippen molar-refractivity contribution < 1.29 is 8.78 Å². The van der Waals surface area contributed by atoms with Crippen molar-refractivity contribution in [2.75, 3.05) is 18.8 Å². The molecule has 1 saturated carbocycles. The first-order valence-electron chi connectivity index (χ1n) is 7.51. The van der Waals surface area contributed by atoms with Crippen LogP contribution in [0.4, 0.5) is 8.78 Å². The molecule has 21 heavy (non-hydrogen) atoms. The number of benzene rings is 1. The summed E-state index contributed by atoms with van der Waals surface area (Å²) in [4.78, 5) is 4.65. The fourth-order valence-electron chi connectivity index (χ4n) is 3.16. The van der Waals surface area contributed by atoms with Gasteiger partial charge in [-0.25, -0.2) is 8.78 Å². The van der Waals surface area contributed by atoms with Gasteiger partial charge in [-0.3, -0.25) is 4.99 Å².